The summed E-state index contributed by atoms with van der Waals surface area (Å²) in [6, 6.07) is 3.97. The Balaban J connectivity index is 0.00000182. The molecule has 134 valence electrons. The fraction of sp³-hybridized carbons (Fsp3) is 0.357. The van der Waals surface area contributed by atoms with Crippen LogP contribution < -0.4 is 10.2 Å². The summed E-state index contributed by atoms with van der Waals surface area (Å²) in [4.78, 5) is 2.29. The topological polar surface area (TPSA) is 58.9 Å². The molecule has 0 bridgehead atoms. The molecule has 0 amide bonds. The number of aromatic nitrogens is 4. The second kappa shape index (κ2) is 7.48. The van der Waals surface area contributed by atoms with Gasteiger partial charge in [0.1, 0.15) is 0 Å². The van der Waals surface area contributed by atoms with Gasteiger partial charge in [-0.25, -0.2) is 13.5 Å². The van der Waals surface area contributed by atoms with E-state index in [0.29, 0.717) is 5.13 Å². The molecule has 0 radical (unpaired) electrons. The first-order valence-electron chi connectivity index (χ1n) is 7.38. The number of anilines is 1. The van der Waals surface area contributed by atoms with E-state index in [0.717, 1.165) is 58.6 Å². The monoisotopic (exact) mass is 450 g/mol. The summed E-state index contributed by atoms with van der Waals surface area (Å²) in [5, 5.41) is 16.1. The molecule has 4 rings (SSSR count). The number of piperazine rings is 1. The molecule has 25 heavy (non-hydrogen) atoms. The number of rotatable bonds is 3. The molecule has 6 nitrogen and oxygen atoms in total. The molecule has 0 saturated carbocycles. The van der Waals surface area contributed by atoms with Crippen LogP contribution >= 0.6 is 39.7 Å². The highest BCUT2D eigenvalue weighted by Crippen LogP contribution is 2.33. The van der Waals surface area contributed by atoms with Gasteiger partial charge in [0, 0.05) is 41.7 Å². The molecule has 3 aromatic rings. The molecule has 3 heterocycles. The van der Waals surface area contributed by atoms with Crippen LogP contribution in [0.3, 0.4) is 0 Å². The minimum atomic E-state index is -2.62. The van der Waals surface area contributed by atoms with Crippen molar-refractivity contribution in [1.82, 2.24) is 25.3 Å². The molecule has 0 aliphatic carbocycles. The van der Waals surface area contributed by atoms with Gasteiger partial charge in [-0.15, -0.1) is 22.6 Å². The lowest BCUT2D eigenvalue weighted by Crippen LogP contribution is -2.43. The Labute approximate surface area is 160 Å². The van der Waals surface area contributed by atoms with E-state index in [2.05, 4.69) is 47.5 Å². The zero-order valence-corrected chi connectivity index (χ0v) is 16.0. The Bertz CT molecular complexity index is 879. The van der Waals surface area contributed by atoms with Crippen molar-refractivity contribution in [2.24, 2.45) is 0 Å². The second-order valence-electron chi connectivity index (χ2n) is 5.37. The number of benzene rings is 1. The molecule has 0 spiro atoms. The van der Waals surface area contributed by atoms with Crippen molar-refractivity contribution in [3.05, 3.63) is 27.8 Å². The van der Waals surface area contributed by atoms with Gasteiger partial charge in [0.25, 0.3) is 6.43 Å². The Kier molecular flexibility index (Phi) is 5.52. The van der Waals surface area contributed by atoms with Crippen molar-refractivity contribution in [1.29, 1.82) is 0 Å². The van der Waals surface area contributed by atoms with E-state index in [1.165, 1.54) is 0 Å². The summed E-state index contributed by atoms with van der Waals surface area (Å²) in [5.74, 6) is 0. The van der Waals surface area contributed by atoms with Gasteiger partial charge in [-0.05, 0) is 12.1 Å². The SMILES string of the molecule is Cl.FC(F)c1nnc(-n2ncc3c(N4CCNCC4)cc(Br)cc32)s1. The molecule has 1 saturated heterocycles. The molecule has 2 aromatic heterocycles. The first kappa shape index (κ1) is 18.4. The molecule has 0 atom stereocenters. The van der Waals surface area contributed by atoms with E-state index in [1.54, 1.807) is 10.9 Å². The van der Waals surface area contributed by atoms with E-state index in [4.69, 9.17) is 0 Å². The molecule has 1 N–H and O–H groups in total. The zero-order chi connectivity index (χ0) is 16.7. The lowest BCUT2D eigenvalue weighted by atomic mass is 10.2. The van der Waals surface area contributed by atoms with Crippen molar-refractivity contribution in [3.8, 4) is 5.13 Å². The third-order valence-electron chi connectivity index (χ3n) is 3.89. The van der Waals surface area contributed by atoms with Crippen molar-refractivity contribution in [2.45, 2.75) is 6.43 Å². The van der Waals surface area contributed by atoms with Crippen LogP contribution in [0.2, 0.25) is 0 Å². The summed E-state index contributed by atoms with van der Waals surface area (Å²) in [6.07, 6.45) is -0.871. The van der Waals surface area contributed by atoms with E-state index in [1.807, 2.05) is 6.07 Å². The number of hydrogen-bond donors (Lipinski definition) is 1. The Morgan fingerprint density at radius 2 is 1.96 bits per heavy atom. The molecular formula is C14H14BrClF2N6S. The number of hydrogen-bond acceptors (Lipinski definition) is 6. The van der Waals surface area contributed by atoms with Gasteiger partial charge >= 0.3 is 0 Å². The molecular weight excluding hydrogens is 438 g/mol. The van der Waals surface area contributed by atoms with Crippen molar-refractivity contribution in [3.63, 3.8) is 0 Å². The highest BCUT2D eigenvalue weighted by atomic mass is 79.9. The van der Waals surface area contributed by atoms with Crippen LogP contribution in [0, 0.1) is 0 Å². The fourth-order valence-corrected chi connectivity index (χ4v) is 3.90. The van der Waals surface area contributed by atoms with Crippen LogP contribution in [0.4, 0.5) is 14.5 Å². The standard InChI is InChI=1S/C14H13BrF2N6S.ClH/c15-8-5-10(22-3-1-18-2-4-22)9-7-19-23(11(9)6-8)14-21-20-13(24-14)12(16)17;/h5-7,12,18H,1-4H2;1H. The maximum atomic E-state index is 12.8. The largest absolute Gasteiger partial charge is 0.368 e. The summed E-state index contributed by atoms with van der Waals surface area (Å²) in [5.41, 5.74) is 1.89. The predicted octanol–water partition coefficient (Wildman–Crippen LogP) is 3.41. The predicted molar refractivity (Wildman–Crippen MR) is 99.5 cm³/mol. The zero-order valence-electron chi connectivity index (χ0n) is 12.8. The van der Waals surface area contributed by atoms with Gasteiger partial charge in [-0.1, -0.05) is 27.3 Å². The van der Waals surface area contributed by atoms with Crippen molar-refractivity contribution in [2.75, 3.05) is 31.1 Å². The summed E-state index contributed by atoms with van der Waals surface area (Å²) in [6.45, 7) is 3.67. The first-order valence-corrected chi connectivity index (χ1v) is 8.99. The first-order chi connectivity index (χ1) is 11.6. The second-order valence-corrected chi connectivity index (χ2v) is 7.28. The molecule has 0 unspecified atom stereocenters. The molecule has 1 aliphatic rings. The van der Waals surface area contributed by atoms with E-state index >= 15 is 0 Å². The quantitative estimate of drug-likeness (QED) is 0.661. The normalized spacial score (nSPS) is 15.0. The van der Waals surface area contributed by atoms with Gasteiger partial charge in [0.05, 0.1) is 11.7 Å². The summed E-state index contributed by atoms with van der Waals surface area (Å²) in [7, 11) is 0. The minimum Gasteiger partial charge on any atom is -0.368 e. The average Bonchev–Trinajstić information content (AvgIpc) is 3.21. The lowest BCUT2D eigenvalue weighted by Gasteiger charge is -2.30. The van der Waals surface area contributed by atoms with Crippen LogP contribution in [0.25, 0.3) is 16.0 Å². The lowest BCUT2D eigenvalue weighted by molar-refractivity contribution is 0.150. The van der Waals surface area contributed by atoms with Crippen LogP contribution in [0.15, 0.2) is 22.8 Å². The summed E-state index contributed by atoms with van der Waals surface area (Å²) < 4.78 is 28.0. The average molecular weight is 452 g/mol. The van der Waals surface area contributed by atoms with E-state index < -0.39 is 6.43 Å². The minimum absolute atomic E-state index is 0. The van der Waals surface area contributed by atoms with Crippen LogP contribution in [0.5, 0.6) is 0 Å². The maximum Gasteiger partial charge on any atom is 0.291 e. The number of alkyl halides is 2. The number of nitrogens with one attached hydrogen (secondary N) is 1. The Hall–Kier alpha value is -1.36. The van der Waals surface area contributed by atoms with Gasteiger partial charge in [-0.2, -0.15) is 5.10 Å². The van der Waals surface area contributed by atoms with Gasteiger partial charge in [-0.3, -0.25) is 0 Å². The third kappa shape index (κ3) is 3.48. The van der Waals surface area contributed by atoms with Crippen molar-refractivity contribution >= 4 is 56.3 Å². The third-order valence-corrected chi connectivity index (χ3v) is 5.25. The Morgan fingerprint density at radius 1 is 1.20 bits per heavy atom. The maximum absolute atomic E-state index is 12.8. The number of halogens is 4. The van der Waals surface area contributed by atoms with Crippen LogP contribution in [-0.4, -0.2) is 46.2 Å². The van der Waals surface area contributed by atoms with Crippen molar-refractivity contribution < 1.29 is 8.78 Å². The fourth-order valence-electron chi connectivity index (χ4n) is 2.79. The van der Waals surface area contributed by atoms with Gasteiger partial charge in [0.2, 0.25) is 5.13 Å². The Morgan fingerprint density at radius 3 is 2.64 bits per heavy atom. The number of nitrogens with zero attached hydrogens (tertiary/aromatic N) is 5. The van der Waals surface area contributed by atoms with Crippen LogP contribution in [0.1, 0.15) is 11.4 Å². The molecule has 1 aliphatic heterocycles. The van der Waals surface area contributed by atoms with E-state index in [9.17, 15) is 8.78 Å². The molecule has 1 aromatic carbocycles. The smallest absolute Gasteiger partial charge is 0.291 e. The van der Waals surface area contributed by atoms with Crippen LogP contribution in [-0.2, 0) is 0 Å². The number of fused-ring (bicyclic) bond motifs is 1. The van der Waals surface area contributed by atoms with Gasteiger partial charge < -0.3 is 10.2 Å². The molecule has 1 fully saturated rings. The molecule has 11 heteroatoms. The van der Waals surface area contributed by atoms with E-state index in [-0.39, 0.29) is 17.4 Å². The highest BCUT2D eigenvalue weighted by molar-refractivity contribution is 9.10. The summed E-state index contributed by atoms with van der Waals surface area (Å²) >= 11 is 4.38. The highest BCUT2D eigenvalue weighted by Gasteiger charge is 2.20. The van der Waals surface area contributed by atoms with Gasteiger partial charge in [0.15, 0.2) is 5.01 Å².